The summed E-state index contributed by atoms with van der Waals surface area (Å²) in [7, 11) is -3.93. The monoisotopic (exact) mass is 330 g/mol. The van der Waals surface area contributed by atoms with Gasteiger partial charge in [-0.1, -0.05) is 15.9 Å². The van der Waals surface area contributed by atoms with E-state index in [4.69, 9.17) is 0 Å². The lowest BCUT2D eigenvalue weighted by Gasteiger charge is -2.08. The highest BCUT2D eigenvalue weighted by Gasteiger charge is 2.19. The Kier molecular flexibility index (Phi) is 3.63. The molecule has 1 aromatic heterocycles. The number of anilines is 1. The molecule has 0 aliphatic rings. The number of benzene rings is 1. The number of nitrogens with one attached hydrogen (secondary N) is 1. The van der Waals surface area contributed by atoms with Crippen LogP contribution in [0.4, 0.5) is 10.1 Å². The smallest absolute Gasteiger partial charge is 0.264 e. The predicted molar refractivity (Wildman–Crippen MR) is 69.1 cm³/mol. The van der Waals surface area contributed by atoms with Crippen molar-refractivity contribution in [1.29, 1.82) is 0 Å². The Balaban J connectivity index is 2.37. The molecule has 0 radical (unpaired) electrons. The summed E-state index contributed by atoms with van der Waals surface area (Å²) < 4.78 is 40.2. The largest absolute Gasteiger partial charge is 0.279 e. The molecule has 0 fully saturated rings. The Labute approximate surface area is 112 Å². The van der Waals surface area contributed by atoms with Crippen molar-refractivity contribution in [3.63, 3.8) is 0 Å². The highest BCUT2D eigenvalue weighted by atomic mass is 79.9. The van der Waals surface area contributed by atoms with E-state index >= 15 is 0 Å². The summed E-state index contributed by atoms with van der Waals surface area (Å²) in [6, 6.07) is 6.72. The third-order valence-corrected chi connectivity index (χ3v) is 4.02. The third kappa shape index (κ3) is 2.85. The molecule has 0 bridgehead atoms. The van der Waals surface area contributed by atoms with Gasteiger partial charge in [-0.15, -0.1) is 0 Å². The van der Waals surface area contributed by atoms with Gasteiger partial charge in [0.05, 0.1) is 5.69 Å². The number of halogens is 2. The van der Waals surface area contributed by atoms with Crippen LogP contribution in [0.5, 0.6) is 0 Å². The fraction of sp³-hybridized carbons (Fsp3) is 0. The van der Waals surface area contributed by atoms with Gasteiger partial charge < -0.3 is 0 Å². The molecule has 0 saturated carbocycles. The SMILES string of the molecule is O=S(=O)(Nc1ccncc1)c1ccc(Br)cc1F. The van der Waals surface area contributed by atoms with Crippen LogP contribution in [0.25, 0.3) is 0 Å². The van der Waals surface area contributed by atoms with Gasteiger partial charge in [-0.2, -0.15) is 0 Å². The fourth-order valence-corrected chi connectivity index (χ4v) is 2.78. The van der Waals surface area contributed by atoms with Gasteiger partial charge >= 0.3 is 0 Å². The summed E-state index contributed by atoms with van der Waals surface area (Å²) in [5.74, 6) is -0.814. The molecule has 0 aliphatic carbocycles. The van der Waals surface area contributed by atoms with Crippen LogP contribution in [0.15, 0.2) is 52.1 Å². The first-order valence-corrected chi connectivity index (χ1v) is 7.14. The van der Waals surface area contributed by atoms with Crippen LogP contribution in [-0.2, 0) is 10.0 Å². The van der Waals surface area contributed by atoms with E-state index in [2.05, 4.69) is 25.6 Å². The van der Waals surface area contributed by atoms with Crippen molar-refractivity contribution in [2.75, 3.05) is 4.72 Å². The number of hydrogen-bond acceptors (Lipinski definition) is 3. The molecule has 7 heteroatoms. The van der Waals surface area contributed by atoms with Crippen molar-refractivity contribution in [1.82, 2.24) is 4.98 Å². The number of nitrogens with zero attached hydrogens (tertiary/aromatic N) is 1. The van der Waals surface area contributed by atoms with Crippen LogP contribution in [0, 0.1) is 5.82 Å². The van der Waals surface area contributed by atoms with Gasteiger partial charge in [0.1, 0.15) is 10.7 Å². The lowest BCUT2D eigenvalue weighted by Crippen LogP contribution is -2.14. The quantitative estimate of drug-likeness (QED) is 0.941. The standard InChI is InChI=1S/C11H8BrFN2O2S/c12-8-1-2-11(10(13)7-8)18(16,17)15-9-3-5-14-6-4-9/h1-7H,(H,14,15). The molecule has 1 heterocycles. The fourth-order valence-electron chi connectivity index (χ4n) is 1.32. The second-order valence-corrected chi connectivity index (χ2v) is 5.98. The van der Waals surface area contributed by atoms with Gasteiger partial charge in [-0.3, -0.25) is 9.71 Å². The molecule has 4 nitrogen and oxygen atoms in total. The summed E-state index contributed by atoms with van der Waals surface area (Å²) >= 11 is 3.07. The van der Waals surface area contributed by atoms with E-state index < -0.39 is 20.7 Å². The summed E-state index contributed by atoms with van der Waals surface area (Å²) in [5, 5.41) is 0. The van der Waals surface area contributed by atoms with E-state index in [9.17, 15) is 12.8 Å². The Bertz CT molecular complexity index is 662. The van der Waals surface area contributed by atoms with E-state index in [1.165, 1.54) is 36.7 Å². The van der Waals surface area contributed by atoms with Gasteiger partial charge in [0.15, 0.2) is 0 Å². The maximum atomic E-state index is 13.6. The lowest BCUT2D eigenvalue weighted by molar-refractivity contribution is 0.570. The van der Waals surface area contributed by atoms with Crippen LogP contribution in [0.1, 0.15) is 0 Å². The lowest BCUT2D eigenvalue weighted by atomic mass is 10.3. The molecular formula is C11H8BrFN2O2S. The van der Waals surface area contributed by atoms with E-state index in [-0.39, 0.29) is 0 Å². The van der Waals surface area contributed by atoms with Gasteiger partial charge in [-0.05, 0) is 30.3 Å². The second kappa shape index (κ2) is 5.03. The van der Waals surface area contributed by atoms with E-state index in [0.29, 0.717) is 10.2 Å². The van der Waals surface area contributed by atoms with Crippen LogP contribution < -0.4 is 4.72 Å². The zero-order chi connectivity index (χ0) is 13.2. The molecule has 1 N–H and O–H groups in total. The van der Waals surface area contributed by atoms with E-state index in [1.807, 2.05) is 0 Å². The number of rotatable bonds is 3. The van der Waals surface area contributed by atoms with Crippen LogP contribution in [0.2, 0.25) is 0 Å². The number of hydrogen-bond donors (Lipinski definition) is 1. The highest BCUT2D eigenvalue weighted by molar-refractivity contribution is 9.10. The molecule has 94 valence electrons. The normalized spacial score (nSPS) is 11.2. The van der Waals surface area contributed by atoms with Gasteiger partial charge in [0.25, 0.3) is 10.0 Å². The summed E-state index contributed by atoms with van der Waals surface area (Å²) in [5.41, 5.74) is 0.326. The molecule has 0 unspecified atom stereocenters. The third-order valence-electron chi connectivity index (χ3n) is 2.12. The van der Waals surface area contributed by atoms with Crippen LogP contribution in [-0.4, -0.2) is 13.4 Å². The second-order valence-electron chi connectivity index (χ2n) is 3.42. The minimum Gasteiger partial charge on any atom is -0.279 e. The summed E-state index contributed by atoms with van der Waals surface area (Å²) in [6.45, 7) is 0. The Hall–Kier alpha value is -1.47. The molecule has 2 aromatic rings. The topological polar surface area (TPSA) is 59.1 Å². The van der Waals surface area contributed by atoms with E-state index in [0.717, 1.165) is 6.07 Å². The first kappa shape index (κ1) is 13.0. The molecule has 0 amide bonds. The Morgan fingerprint density at radius 2 is 1.83 bits per heavy atom. The average Bonchev–Trinajstić information content (AvgIpc) is 2.29. The van der Waals surface area contributed by atoms with Crippen molar-refractivity contribution in [3.8, 4) is 0 Å². The minimum absolute atomic E-state index is 0.326. The summed E-state index contributed by atoms with van der Waals surface area (Å²) in [4.78, 5) is 3.36. The molecule has 0 saturated heterocycles. The predicted octanol–water partition coefficient (Wildman–Crippen LogP) is 2.78. The van der Waals surface area contributed by atoms with Crippen molar-refractivity contribution in [2.24, 2.45) is 0 Å². The molecule has 0 aliphatic heterocycles. The maximum Gasteiger partial charge on any atom is 0.264 e. The Morgan fingerprint density at radius 3 is 2.44 bits per heavy atom. The van der Waals surface area contributed by atoms with Gasteiger partial charge in [-0.25, -0.2) is 12.8 Å². The molecule has 18 heavy (non-hydrogen) atoms. The van der Waals surface area contributed by atoms with Crippen LogP contribution >= 0.6 is 15.9 Å². The maximum absolute atomic E-state index is 13.6. The van der Waals surface area contributed by atoms with Crippen molar-refractivity contribution in [2.45, 2.75) is 4.90 Å². The molecule has 0 spiro atoms. The zero-order valence-electron chi connectivity index (χ0n) is 8.97. The van der Waals surface area contributed by atoms with Crippen molar-refractivity contribution < 1.29 is 12.8 Å². The van der Waals surface area contributed by atoms with Gasteiger partial charge in [0.2, 0.25) is 0 Å². The highest BCUT2D eigenvalue weighted by Crippen LogP contribution is 2.21. The number of aromatic nitrogens is 1. The number of pyridine rings is 1. The van der Waals surface area contributed by atoms with Gasteiger partial charge in [0, 0.05) is 16.9 Å². The molecule has 1 aromatic carbocycles. The van der Waals surface area contributed by atoms with Crippen molar-refractivity contribution in [3.05, 3.63) is 53.0 Å². The molecular weight excluding hydrogens is 323 g/mol. The zero-order valence-corrected chi connectivity index (χ0v) is 11.4. The van der Waals surface area contributed by atoms with Crippen LogP contribution in [0.3, 0.4) is 0 Å². The average molecular weight is 331 g/mol. The minimum atomic E-state index is -3.93. The molecule has 2 rings (SSSR count). The van der Waals surface area contributed by atoms with E-state index in [1.54, 1.807) is 0 Å². The summed E-state index contributed by atoms with van der Waals surface area (Å²) in [6.07, 6.45) is 2.88. The van der Waals surface area contributed by atoms with Crippen molar-refractivity contribution >= 4 is 31.6 Å². The Morgan fingerprint density at radius 1 is 1.17 bits per heavy atom. The molecule has 0 atom stereocenters. The first-order valence-electron chi connectivity index (χ1n) is 4.87. The number of sulfonamides is 1. The first-order chi connectivity index (χ1) is 8.49.